The Hall–Kier alpha value is -0.900. The Balaban J connectivity index is 2.01. The molecule has 1 aliphatic rings. The zero-order chi connectivity index (χ0) is 14.6. The van der Waals surface area contributed by atoms with E-state index >= 15 is 0 Å². The van der Waals surface area contributed by atoms with E-state index in [0.29, 0.717) is 12.6 Å². The summed E-state index contributed by atoms with van der Waals surface area (Å²) in [6, 6.07) is 11.4. The third-order valence-corrected chi connectivity index (χ3v) is 4.95. The van der Waals surface area contributed by atoms with Crippen LogP contribution in [0.25, 0.3) is 0 Å². The van der Waals surface area contributed by atoms with Gasteiger partial charge >= 0.3 is 0 Å². The summed E-state index contributed by atoms with van der Waals surface area (Å²) in [7, 11) is 4.46. The summed E-state index contributed by atoms with van der Waals surface area (Å²) in [5, 5.41) is 0. The van der Waals surface area contributed by atoms with Gasteiger partial charge in [0.25, 0.3) is 0 Å². The predicted molar refractivity (Wildman–Crippen MR) is 85.9 cm³/mol. The molecule has 2 rings (SSSR count). The predicted octanol–water partition coefficient (Wildman–Crippen LogP) is 1.97. The standard InChI is InChI=1S/C17H29N3/c1-17(14-18,12-15-8-5-4-6-9-15)20(3)13-16-10-7-11-19(16)2/h4-6,8-9,16H,7,10-14,18H2,1-3H3. The summed E-state index contributed by atoms with van der Waals surface area (Å²) in [5.41, 5.74) is 7.51. The van der Waals surface area contributed by atoms with Crippen LogP contribution in [-0.2, 0) is 6.42 Å². The lowest BCUT2D eigenvalue weighted by Crippen LogP contribution is -2.54. The van der Waals surface area contributed by atoms with Gasteiger partial charge in [-0.3, -0.25) is 4.90 Å². The molecule has 0 amide bonds. The Morgan fingerprint density at radius 1 is 1.35 bits per heavy atom. The minimum atomic E-state index is 0.0325. The molecule has 0 aliphatic carbocycles. The summed E-state index contributed by atoms with van der Waals surface area (Å²) < 4.78 is 0. The van der Waals surface area contributed by atoms with Crippen LogP contribution in [-0.4, -0.2) is 55.1 Å². The topological polar surface area (TPSA) is 32.5 Å². The SMILES string of the molecule is CN1CCCC1CN(C)C(C)(CN)Cc1ccccc1. The zero-order valence-corrected chi connectivity index (χ0v) is 13.2. The van der Waals surface area contributed by atoms with Gasteiger partial charge < -0.3 is 10.6 Å². The summed E-state index contributed by atoms with van der Waals surface area (Å²) in [4.78, 5) is 4.95. The Morgan fingerprint density at radius 2 is 2.05 bits per heavy atom. The van der Waals surface area contributed by atoms with Crippen molar-refractivity contribution in [3.63, 3.8) is 0 Å². The van der Waals surface area contributed by atoms with Gasteiger partial charge in [-0.05, 0) is 52.4 Å². The van der Waals surface area contributed by atoms with Gasteiger partial charge in [-0.1, -0.05) is 30.3 Å². The Labute approximate surface area is 123 Å². The van der Waals surface area contributed by atoms with Crippen molar-refractivity contribution in [3.8, 4) is 0 Å². The number of likely N-dealkylation sites (N-methyl/N-ethyl adjacent to an activating group) is 2. The second kappa shape index (κ2) is 6.70. The number of likely N-dealkylation sites (tertiary alicyclic amines) is 1. The van der Waals surface area contributed by atoms with E-state index in [1.165, 1.54) is 24.9 Å². The highest BCUT2D eigenvalue weighted by Gasteiger charge is 2.31. The van der Waals surface area contributed by atoms with E-state index in [4.69, 9.17) is 5.73 Å². The van der Waals surface area contributed by atoms with E-state index in [9.17, 15) is 0 Å². The second-order valence-corrected chi connectivity index (χ2v) is 6.52. The molecule has 2 atom stereocenters. The summed E-state index contributed by atoms with van der Waals surface area (Å²) in [6.45, 7) is 5.32. The molecule has 0 bridgehead atoms. The fourth-order valence-electron chi connectivity index (χ4n) is 3.15. The molecule has 2 N–H and O–H groups in total. The van der Waals surface area contributed by atoms with Crippen molar-refractivity contribution >= 4 is 0 Å². The highest BCUT2D eigenvalue weighted by molar-refractivity contribution is 5.18. The first-order valence-electron chi connectivity index (χ1n) is 7.70. The summed E-state index contributed by atoms with van der Waals surface area (Å²) in [6.07, 6.45) is 3.65. The maximum absolute atomic E-state index is 6.11. The molecule has 0 saturated carbocycles. The average Bonchev–Trinajstić information content (AvgIpc) is 2.85. The molecule has 3 nitrogen and oxygen atoms in total. The fourth-order valence-corrected chi connectivity index (χ4v) is 3.15. The number of hydrogen-bond acceptors (Lipinski definition) is 3. The van der Waals surface area contributed by atoms with Gasteiger partial charge in [0.2, 0.25) is 0 Å². The molecular weight excluding hydrogens is 246 g/mol. The molecule has 0 spiro atoms. The number of hydrogen-bond donors (Lipinski definition) is 1. The molecule has 1 aromatic carbocycles. The van der Waals surface area contributed by atoms with Gasteiger partial charge in [0.1, 0.15) is 0 Å². The maximum atomic E-state index is 6.11. The minimum absolute atomic E-state index is 0.0325. The number of nitrogens with two attached hydrogens (primary N) is 1. The van der Waals surface area contributed by atoms with Crippen molar-refractivity contribution in [3.05, 3.63) is 35.9 Å². The molecular formula is C17H29N3. The molecule has 0 radical (unpaired) electrons. The van der Waals surface area contributed by atoms with Gasteiger partial charge in [-0.25, -0.2) is 0 Å². The molecule has 20 heavy (non-hydrogen) atoms. The van der Waals surface area contributed by atoms with Gasteiger partial charge in [-0.15, -0.1) is 0 Å². The lowest BCUT2D eigenvalue weighted by atomic mass is 9.90. The van der Waals surface area contributed by atoms with E-state index in [-0.39, 0.29) is 5.54 Å². The number of benzene rings is 1. The lowest BCUT2D eigenvalue weighted by molar-refractivity contribution is 0.110. The molecule has 1 fully saturated rings. The van der Waals surface area contributed by atoms with E-state index in [1.54, 1.807) is 0 Å². The third kappa shape index (κ3) is 3.60. The van der Waals surface area contributed by atoms with Crippen molar-refractivity contribution in [1.82, 2.24) is 9.80 Å². The van der Waals surface area contributed by atoms with Gasteiger partial charge in [0.05, 0.1) is 0 Å². The van der Waals surface area contributed by atoms with Crippen molar-refractivity contribution in [1.29, 1.82) is 0 Å². The molecule has 0 aromatic heterocycles. The van der Waals surface area contributed by atoms with Crippen LogP contribution in [0.15, 0.2) is 30.3 Å². The van der Waals surface area contributed by atoms with Crippen LogP contribution in [0.5, 0.6) is 0 Å². The van der Waals surface area contributed by atoms with Crippen LogP contribution in [0, 0.1) is 0 Å². The first kappa shape index (κ1) is 15.5. The Bertz CT molecular complexity index is 406. The molecule has 1 aliphatic heterocycles. The minimum Gasteiger partial charge on any atom is -0.329 e. The van der Waals surface area contributed by atoms with Crippen LogP contribution in [0.2, 0.25) is 0 Å². The van der Waals surface area contributed by atoms with E-state index in [0.717, 1.165) is 13.0 Å². The Kier molecular flexibility index (Phi) is 5.19. The van der Waals surface area contributed by atoms with E-state index < -0.39 is 0 Å². The van der Waals surface area contributed by atoms with Crippen molar-refractivity contribution in [2.75, 3.05) is 33.7 Å². The van der Waals surface area contributed by atoms with E-state index in [1.807, 2.05) is 0 Å². The van der Waals surface area contributed by atoms with Crippen molar-refractivity contribution in [2.24, 2.45) is 5.73 Å². The van der Waals surface area contributed by atoms with Crippen molar-refractivity contribution < 1.29 is 0 Å². The molecule has 1 saturated heterocycles. The second-order valence-electron chi connectivity index (χ2n) is 6.52. The maximum Gasteiger partial charge on any atom is 0.0341 e. The molecule has 2 unspecified atom stereocenters. The third-order valence-electron chi connectivity index (χ3n) is 4.95. The van der Waals surface area contributed by atoms with Gasteiger partial charge in [0.15, 0.2) is 0 Å². The Morgan fingerprint density at radius 3 is 2.60 bits per heavy atom. The van der Waals surface area contributed by atoms with Gasteiger partial charge in [0, 0.05) is 24.7 Å². The highest BCUT2D eigenvalue weighted by Crippen LogP contribution is 2.22. The molecule has 1 aromatic rings. The van der Waals surface area contributed by atoms with Crippen LogP contribution in [0.3, 0.4) is 0 Å². The first-order valence-corrected chi connectivity index (χ1v) is 7.70. The molecule has 112 valence electrons. The van der Waals surface area contributed by atoms with Gasteiger partial charge in [-0.2, -0.15) is 0 Å². The van der Waals surface area contributed by atoms with Crippen LogP contribution in [0.4, 0.5) is 0 Å². The number of nitrogens with zero attached hydrogens (tertiary/aromatic N) is 2. The first-order chi connectivity index (χ1) is 9.55. The van der Waals surface area contributed by atoms with Crippen molar-refractivity contribution in [2.45, 2.75) is 37.8 Å². The number of rotatable bonds is 6. The summed E-state index contributed by atoms with van der Waals surface area (Å²) in [5.74, 6) is 0. The molecule has 1 heterocycles. The zero-order valence-electron chi connectivity index (χ0n) is 13.2. The summed E-state index contributed by atoms with van der Waals surface area (Å²) >= 11 is 0. The normalized spacial score (nSPS) is 23.1. The van der Waals surface area contributed by atoms with E-state index in [2.05, 4.69) is 61.2 Å². The average molecular weight is 275 g/mol. The monoisotopic (exact) mass is 275 g/mol. The van der Waals surface area contributed by atoms with Crippen LogP contribution >= 0.6 is 0 Å². The lowest BCUT2D eigenvalue weighted by Gasteiger charge is -2.40. The fraction of sp³-hybridized carbons (Fsp3) is 0.647. The largest absolute Gasteiger partial charge is 0.329 e. The van der Waals surface area contributed by atoms with Crippen LogP contribution in [0.1, 0.15) is 25.3 Å². The van der Waals surface area contributed by atoms with Crippen LogP contribution < -0.4 is 5.73 Å². The highest BCUT2D eigenvalue weighted by atomic mass is 15.2. The smallest absolute Gasteiger partial charge is 0.0341 e. The quantitative estimate of drug-likeness (QED) is 0.861. The molecule has 3 heteroatoms.